The molecule has 0 aliphatic carbocycles. The van der Waals surface area contributed by atoms with Crippen LogP contribution in [0.2, 0.25) is 0 Å². The third kappa shape index (κ3) is 3.29. The molecule has 4 heterocycles. The summed E-state index contributed by atoms with van der Waals surface area (Å²) < 4.78 is 13.1. The SMILES string of the molecule is CCOc1ccc(-c2cnc(CCc3cccc4c3CCO4)n3cnnc23)cn1. The normalized spacial score (nSPS) is 12.7. The number of aryl methyl sites for hydroxylation is 2. The van der Waals surface area contributed by atoms with Crippen molar-refractivity contribution in [2.75, 3.05) is 13.2 Å². The van der Waals surface area contributed by atoms with Gasteiger partial charge in [0.2, 0.25) is 5.88 Å². The fourth-order valence-corrected chi connectivity index (χ4v) is 3.80. The summed E-state index contributed by atoms with van der Waals surface area (Å²) in [5, 5.41) is 8.44. The van der Waals surface area contributed by atoms with Crippen molar-refractivity contribution in [2.24, 2.45) is 0 Å². The molecule has 0 spiro atoms. The molecule has 4 aromatic rings. The Labute approximate surface area is 168 Å². The van der Waals surface area contributed by atoms with E-state index in [0.29, 0.717) is 12.5 Å². The van der Waals surface area contributed by atoms with Crippen LogP contribution in [-0.4, -0.2) is 37.8 Å². The molecule has 146 valence electrons. The van der Waals surface area contributed by atoms with Crippen molar-refractivity contribution in [3.63, 3.8) is 0 Å². The third-order valence-corrected chi connectivity index (χ3v) is 5.21. The minimum absolute atomic E-state index is 0.591. The van der Waals surface area contributed by atoms with Gasteiger partial charge in [-0.25, -0.2) is 9.97 Å². The summed E-state index contributed by atoms with van der Waals surface area (Å²) in [5.41, 5.74) is 5.26. The number of ether oxygens (including phenoxy) is 2. The maximum atomic E-state index is 5.68. The van der Waals surface area contributed by atoms with Gasteiger partial charge >= 0.3 is 0 Å². The van der Waals surface area contributed by atoms with E-state index in [1.807, 2.05) is 35.7 Å². The highest BCUT2D eigenvalue weighted by Gasteiger charge is 2.17. The maximum Gasteiger partial charge on any atom is 0.213 e. The van der Waals surface area contributed by atoms with Gasteiger partial charge < -0.3 is 9.47 Å². The van der Waals surface area contributed by atoms with Crippen LogP contribution in [0.1, 0.15) is 23.9 Å². The molecule has 1 aliphatic heterocycles. The second kappa shape index (κ2) is 7.50. The van der Waals surface area contributed by atoms with E-state index in [1.54, 1.807) is 12.5 Å². The first kappa shape index (κ1) is 17.6. The Hall–Kier alpha value is -3.48. The fourth-order valence-electron chi connectivity index (χ4n) is 3.80. The van der Waals surface area contributed by atoms with Crippen LogP contribution in [0.25, 0.3) is 16.8 Å². The first-order valence-corrected chi connectivity index (χ1v) is 9.84. The van der Waals surface area contributed by atoms with Gasteiger partial charge in [-0.05, 0) is 31.0 Å². The van der Waals surface area contributed by atoms with Gasteiger partial charge in [0.1, 0.15) is 17.9 Å². The second-order valence-corrected chi connectivity index (χ2v) is 6.92. The number of hydrogen-bond donors (Lipinski definition) is 0. The molecule has 1 aromatic carbocycles. The number of hydrogen-bond acceptors (Lipinski definition) is 6. The zero-order valence-corrected chi connectivity index (χ0v) is 16.2. The number of pyridine rings is 1. The largest absolute Gasteiger partial charge is 0.493 e. The van der Waals surface area contributed by atoms with Crippen LogP contribution in [0.3, 0.4) is 0 Å². The Morgan fingerprint density at radius 2 is 2.07 bits per heavy atom. The lowest BCUT2D eigenvalue weighted by Gasteiger charge is -2.10. The number of rotatable bonds is 6. The topological polar surface area (TPSA) is 74.4 Å². The van der Waals surface area contributed by atoms with Gasteiger partial charge in [0.15, 0.2) is 5.65 Å². The molecule has 29 heavy (non-hydrogen) atoms. The van der Waals surface area contributed by atoms with Gasteiger partial charge in [-0.2, -0.15) is 0 Å². The molecule has 0 saturated carbocycles. The Bertz CT molecular complexity index is 1150. The van der Waals surface area contributed by atoms with Gasteiger partial charge in [-0.1, -0.05) is 12.1 Å². The lowest BCUT2D eigenvalue weighted by molar-refractivity contribution is 0.327. The predicted octanol–water partition coefficient (Wildman–Crippen LogP) is 3.31. The van der Waals surface area contributed by atoms with Gasteiger partial charge in [-0.15, -0.1) is 10.2 Å². The number of fused-ring (bicyclic) bond motifs is 2. The third-order valence-electron chi connectivity index (χ3n) is 5.21. The molecule has 0 bridgehead atoms. The highest BCUT2D eigenvalue weighted by molar-refractivity contribution is 5.76. The average Bonchev–Trinajstić information content (AvgIpc) is 3.43. The number of nitrogens with zero attached hydrogens (tertiary/aromatic N) is 5. The van der Waals surface area contributed by atoms with Crippen LogP contribution in [-0.2, 0) is 19.3 Å². The molecule has 7 nitrogen and oxygen atoms in total. The van der Waals surface area contributed by atoms with E-state index >= 15 is 0 Å². The average molecular weight is 387 g/mol. The lowest BCUT2D eigenvalue weighted by atomic mass is 10.0. The number of benzene rings is 1. The Morgan fingerprint density at radius 3 is 2.93 bits per heavy atom. The van der Waals surface area contributed by atoms with E-state index in [4.69, 9.17) is 14.5 Å². The first-order chi connectivity index (χ1) is 14.3. The highest BCUT2D eigenvalue weighted by atomic mass is 16.5. The molecule has 0 atom stereocenters. The van der Waals surface area contributed by atoms with Gasteiger partial charge in [0, 0.05) is 48.0 Å². The molecule has 3 aromatic heterocycles. The van der Waals surface area contributed by atoms with Crippen molar-refractivity contribution in [1.29, 1.82) is 0 Å². The summed E-state index contributed by atoms with van der Waals surface area (Å²) in [6.45, 7) is 3.30. The van der Waals surface area contributed by atoms with Crippen LogP contribution in [0.4, 0.5) is 0 Å². The van der Waals surface area contributed by atoms with E-state index in [0.717, 1.165) is 54.2 Å². The van der Waals surface area contributed by atoms with Crippen LogP contribution < -0.4 is 9.47 Å². The Kier molecular flexibility index (Phi) is 4.56. The van der Waals surface area contributed by atoms with Crippen LogP contribution in [0, 0.1) is 0 Å². The predicted molar refractivity (Wildman–Crippen MR) is 108 cm³/mol. The molecule has 5 rings (SSSR count). The van der Waals surface area contributed by atoms with Crippen molar-refractivity contribution < 1.29 is 9.47 Å². The summed E-state index contributed by atoms with van der Waals surface area (Å²) in [6.07, 6.45) is 8.04. The van der Waals surface area contributed by atoms with Gasteiger partial charge in [0.05, 0.1) is 13.2 Å². The minimum atomic E-state index is 0.591. The Balaban J connectivity index is 1.43. The Morgan fingerprint density at radius 1 is 1.10 bits per heavy atom. The molecule has 0 unspecified atom stereocenters. The summed E-state index contributed by atoms with van der Waals surface area (Å²) >= 11 is 0. The minimum Gasteiger partial charge on any atom is -0.493 e. The number of aromatic nitrogens is 5. The summed E-state index contributed by atoms with van der Waals surface area (Å²) in [5.74, 6) is 2.56. The van der Waals surface area contributed by atoms with Crippen LogP contribution >= 0.6 is 0 Å². The van der Waals surface area contributed by atoms with Crippen molar-refractivity contribution in [1.82, 2.24) is 24.6 Å². The summed E-state index contributed by atoms with van der Waals surface area (Å²) in [4.78, 5) is 9.06. The summed E-state index contributed by atoms with van der Waals surface area (Å²) in [6, 6.07) is 10.1. The van der Waals surface area contributed by atoms with E-state index in [1.165, 1.54) is 11.1 Å². The lowest BCUT2D eigenvalue weighted by Crippen LogP contribution is -2.05. The molecule has 0 amide bonds. The van der Waals surface area contributed by atoms with Crippen molar-refractivity contribution in [3.8, 4) is 22.8 Å². The highest BCUT2D eigenvalue weighted by Crippen LogP contribution is 2.29. The van der Waals surface area contributed by atoms with E-state index in [9.17, 15) is 0 Å². The van der Waals surface area contributed by atoms with Crippen LogP contribution in [0.5, 0.6) is 11.6 Å². The van der Waals surface area contributed by atoms with Crippen molar-refractivity contribution >= 4 is 5.65 Å². The molecule has 7 heteroatoms. The monoisotopic (exact) mass is 387 g/mol. The van der Waals surface area contributed by atoms with Crippen LogP contribution in [0.15, 0.2) is 49.1 Å². The standard InChI is InChI=1S/C22H21N5O2/c1-2-28-21-9-7-16(12-24-21)18-13-23-20(27-14-25-26-22(18)27)8-6-15-4-3-5-19-17(15)10-11-29-19/h3-5,7,9,12-14H,2,6,8,10-11H2,1H3. The molecule has 0 fully saturated rings. The summed E-state index contributed by atoms with van der Waals surface area (Å²) in [7, 11) is 0. The quantitative estimate of drug-likeness (QED) is 0.505. The molecule has 1 aliphatic rings. The second-order valence-electron chi connectivity index (χ2n) is 6.92. The fraction of sp³-hybridized carbons (Fsp3) is 0.273. The van der Waals surface area contributed by atoms with Gasteiger partial charge in [0.25, 0.3) is 0 Å². The molecule has 0 radical (unpaired) electrons. The zero-order chi connectivity index (χ0) is 19.6. The molecular weight excluding hydrogens is 366 g/mol. The van der Waals surface area contributed by atoms with Crippen molar-refractivity contribution in [2.45, 2.75) is 26.2 Å². The van der Waals surface area contributed by atoms with Crippen molar-refractivity contribution in [3.05, 3.63) is 66.0 Å². The van der Waals surface area contributed by atoms with E-state index < -0.39 is 0 Å². The maximum absolute atomic E-state index is 5.68. The first-order valence-electron chi connectivity index (χ1n) is 9.84. The molecule has 0 saturated heterocycles. The van der Waals surface area contributed by atoms with Gasteiger partial charge in [-0.3, -0.25) is 4.40 Å². The zero-order valence-electron chi connectivity index (χ0n) is 16.2. The molecular formula is C22H21N5O2. The molecule has 0 N–H and O–H groups in total. The van der Waals surface area contributed by atoms with E-state index in [-0.39, 0.29) is 0 Å². The smallest absolute Gasteiger partial charge is 0.213 e. The van der Waals surface area contributed by atoms with E-state index in [2.05, 4.69) is 27.3 Å².